The molecular formula is C22H24N2O3S. The molecule has 0 unspecified atom stereocenters. The van der Waals surface area contributed by atoms with Crippen LogP contribution in [0, 0.1) is 13.8 Å². The molecule has 146 valence electrons. The molecule has 0 aliphatic carbocycles. The summed E-state index contributed by atoms with van der Waals surface area (Å²) >= 11 is 1.78. The summed E-state index contributed by atoms with van der Waals surface area (Å²) in [6, 6.07) is 13.1. The molecule has 0 bridgehead atoms. The van der Waals surface area contributed by atoms with Gasteiger partial charge in [-0.2, -0.15) is 0 Å². The number of aromatic nitrogens is 1. The Morgan fingerprint density at radius 1 is 1.04 bits per heavy atom. The highest BCUT2D eigenvalue weighted by atomic mass is 32.1. The summed E-state index contributed by atoms with van der Waals surface area (Å²) in [5, 5.41) is 14.5. The van der Waals surface area contributed by atoms with Crippen LogP contribution in [-0.4, -0.2) is 31.0 Å². The molecule has 0 aliphatic rings. The minimum atomic E-state index is 0.204. The Hall–Kier alpha value is -2.96. The molecule has 4 rings (SSSR count). The third kappa shape index (κ3) is 4.65. The molecular weight excluding hydrogens is 372 g/mol. The number of rotatable bonds is 2. The predicted molar refractivity (Wildman–Crippen MR) is 117 cm³/mol. The molecule has 2 heterocycles. The van der Waals surface area contributed by atoms with Crippen molar-refractivity contribution in [1.29, 1.82) is 0 Å². The van der Waals surface area contributed by atoms with Crippen molar-refractivity contribution in [3.8, 4) is 17.2 Å². The highest BCUT2D eigenvalue weighted by Gasteiger charge is 2.09. The summed E-state index contributed by atoms with van der Waals surface area (Å²) in [5.41, 5.74) is 2.13. The van der Waals surface area contributed by atoms with E-state index in [1.807, 2.05) is 33.0 Å². The number of phenols is 1. The van der Waals surface area contributed by atoms with Crippen molar-refractivity contribution in [2.24, 2.45) is 0 Å². The summed E-state index contributed by atoms with van der Waals surface area (Å²) in [7, 11) is 3.75. The number of pyridine rings is 1. The highest BCUT2D eigenvalue weighted by molar-refractivity contribution is 7.19. The fraction of sp³-hybridized carbons (Fsp3) is 0.182. The van der Waals surface area contributed by atoms with Crippen molar-refractivity contribution in [1.82, 2.24) is 10.3 Å². The van der Waals surface area contributed by atoms with Crippen molar-refractivity contribution in [3.05, 3.63) is 59.1 Å². The van der Waals surface area contributed by atoms with Gasteiger partial charge in [0.15, 0.2) is 0 Å². The molecule has 5 nitrogen and oxygen atoms in total. The Kier molecular flexibility index (Phi) is 7.49. The van der Waals surface area contributed by atoms with Crippen LogP contribution in [0.5, 0.6) is 17.2 Å². The van der Waals surface area contributed by atoms with Crippen molar-refractivity contribution in [2.75, 3.05) is 14.1 Å². The SMILES string of the molecule is C=O.CNC.Cc1sc2cc(Oc3ccnc4ccc(O)cc34)ccc2c1C. The van der Waals surface area contributed by atoms with Gasteiger partial charge < -0.3 is 20.0 Å². The number of aryl methyl sites for hydroxylation is 2. The van der Waals surface area contributed by atoms with E-state index in [1.165, 1.54) is 20.5 Å². The largest absolute Gasteiger partial charge is 0.508 e. The van der Waals surface area contributed by atoms with Crippen LogP contribution >= 0.6 is 11.3 Å². The first-order valence-electron chi connectivity index (χ1n) is 8.66. The molecule has 2 aromatic carbocycles. The maximum absolute atomic E-state index is 9.71. The summed E-state index contributed by atoms with van der Waals surface area (Å²) in [4.78, 5) is 13.6. The number of carbonyl (C=O) groups is 1. The van der Waals surface area contributed by atoms with Crippen LogP contribution in [0.15, 0.2) is 48.7 Å². The van der Waals surface area contributed by atoms with Crippen LogP contribution in [0.4, 0.5) is 0 Å². The number of hydrogen-bond acceptors (Lipinski definition) is 6. The molecule has 0 saturated carbocycles. The molecule has 0 aliphatic heterocycles. The molecule has 0 saturated heterocycles. The van der Waals surface area contributed by atoms with Gasteiger partial charge in [0, 0.05) is 21.2 Å². The first kappa shape index (κ1) is 21.3. The van der Waals surface area contributed by atoms with Crippen LogP contribution in [0.1, 0.15) is 10.4 Å². The summed E-state index contributed by atoms with van der Waals surface area (Å²) < 4.78 is 7.28. The van der Waals surface area contributed by atoms with Gasteiger partial charge in [0.25, 0.3) is 0 Å². The first-order chi connectivity index (χ1) is 13.5. The van der Waals surface area contributed by atoms with E-state index < -0.39 is 0 Å². The van der Waals surface area contributed by atoms with E-state index in [1.54, 1.807) is 35.7 Å². The Labute approximate surface area is 168 Å². The van der Waals surface area contributed by atoms with E-state index in [2.05, 4.69) is 36.3 Å². The second-order valence-corrected chi connectivity index (χ2v) is 7.31. The van der Waals surface area contributed by atoms with Gasteiger partial charge in [-0.25, -0.2) is 0 Å². The zero-order valence-electron chi connectivity index (χ0n) is 16.4. The van der Waals surface area contributed by atoms with Gasteiger partial charge in [0.1, 0.15) is 24.0 Å². The highest BCUT2D eigenvalue weighted by Crippen LogP contribution is 2.36. The van der Waals surface area contributed by atoms with Gasteiger partial charge in [-0.1, -0.05) is 0 Å². The quantitative estimate of drug-likeness (QED) is 0.486. The Morgan fingerprint density at radius 3 is 2.46 bits per heavy atom. The van der Waals surface area contributed by atoms with Crippen molar-refractivity contribution in [2.45, 2.75) is 13.8 Å². The number of thiophene rings is 1. The lowest BCUT2D eigenvalue weighted by Crippen LogP contribution is -1.89. The molecule has 0 spiro atoms. The van der Waals surface area contributed by atoms with Gasteiger partial charge >= 0.3 is 0 Å². The van der Waals surface area contributed by atoms with E-state index in [-0.39, 0.29) is 5.75 Å². The minimum absolute atomic E-state index is 0.204. The number of benzene rings is 2. The summed E-state index contributed by atoms with van der Waals surface area (Å²) in [6.07, 6.45) is 1.71. The summed E-state index contributed by atoms with van der Waals surface area (Å²) in [6.45, 7) is 6.29. The molecule has 0 amide bonds. The molecule has 0 fully saturated rings. The van der Waals surface area contributed by atoms with E-state index in [4.69, 9.17) is 9.53 Å². The molecule has 4 aromatic rings. The fourth-order valence-electron chi connectivity index (χ4n) is 2.72. The third-order valence-corrected chi connectivity index (χ3v) is 5.23. The average Bonchev–Trinajstić information content (AvgIpc) is 2.98. The summed E-state index contributed by atoms with van der Waals surface area (Å²) in [5.74, 6) is 1.68. The first-order valence-corrected chi connectivity index (χ1v) is 9.48. The van der Waals surface area contributed by atoms with Crippen molar-refractivity contribution >= 4 is 39.1 Å². The number of carbonyl (C=O) groups excluding carboxylic acids is 1. The van der Waals surface area contributed by atoms with Gasteiger partial charge in [-0.3, -0.25) is 4.98 Å². The van der Waals surface area contributed by atoms with Gasteiger partial charge in [-0.15, -0.1) is 11.3 Å². The second kappa shape index (κ2) is 9.82. The zero-order chi connectivity index (χ0) is 20.7. The van der Waals surface area contributed by atoms with E-state index in [0.29, 0.717) is 5.75 Å². The molecule has 2 N–H and O–H groups in total. The Morgan fingerprint density at radius 2 is 1.75 bits per heavy atom. The molecule has 0 atom stereocenters. The topological polar surface area (TPSA) is 71.5 Å². The lowest BCUT2D eigenvalue weighted by atomic mass is 10.1. The van der Waals surface area contributed by atoms with Crippen LogP contribution < -0.4 is 10.1 Å². The van der Waals surface area contributed by atoms with Crippen LogP contribution in [0.25, 0.3) is 21.0 Å². The van der Waals surface area contributed by atoms with Crippen LogP contribution in [-0.2, 0) is 4.79 Å². The lowest BCUT2D eigenvalue weighted by Gasteiger charge is -2.09. The maximum atomic E-state index is 9.71. The van der Waals surface area contributed by atoms with Crippen LogP contribution in [0.3, 0.4) is 0 Å². The van der Waals surface area contributed by atoms with Gasteiger partial charge in [0.2, 0.25) is 0 Å². The number of nitrogens with zero attached hydrogens (tertiary/aromatic N) is 1. The number of fused-ring (bicyclic) bond motifs is 2. The smallest absolute Gasteiger partial charge is 0.138 e. The lowest BCUT2D eigenvalue weighted by molar-refractivity contribution is -0.0979. The van der Waals surface area contributed by atoms with E-state index in [9.17, 15) is 5.11 Å². The number of ether oxygens (including phenoxy) is 1. The molecule has 0 radical (unpaired) electrons. The van der Waals surface area contributed by atoms with Gasteiger partial charge in [0.05, 0.1) is 5.52 Å². The monoisotopic (exact) mass is 396 g/mol. The van der Waals surface area contributed by atoms with Crippen LogP contribution in [0.2, 0.25) is 0 Å². The fourth-order valence-corrected chi connectivity index (χ4v) is 3.82. The Bertz CT molecular complexity index is 1080. The van der Waals surface area contributed by atoms with Gasteiger partial charge in [-0.05, 0) is 81.4 Å². The minimum Gasteiger partial charge on any atom is -0.508 e. The van der Waals surface area contributed by atoms with E-state index in [0.717, 1.165) is 16.7 Å². The average molecular weight is 397 g/mol. The molecule has 6 heteroatoms. The number of aromatic hydroxyl groups is 1. The number of phenolic OH excluding ortho intramolecular Hbond substituents is 1. The third-order valence-electron chi connectivity index (χ3n) is 4.06. The zero-order valence-corrected chi connectivity index (χ0v) is 17.3. The molecule has 2 aromatic heterocycles. The Balaban J connectivity index is 0.000000514. The normalized spacial score (nSPS) is 10.0. The number of nitrogens with one attached hydrogen (secondary N) is 1. The predicted octanol–water partition coefficient (Wildman–Crippen LogP) is 5.21. The molecule has 28 heavy (non-hydrogen) atoms. The van der Waals surface area contributed by atoms with E-state index >= 15 is 0 Å². The maximum Gasteiger partial charge on any atom is 0.138 e. The van der Waals surface area contributed by atoms with Crippen molar-refractivity contribution < 1.29 is 14.6 Å². The van der Waals surface area contributed by atoms with Crippen molar-refractivity contribution in [3.63, 3.8) is 0 Å². The standard InChI is InChI=1S/C19H15NO2S.C2H7N.CH2O/c1-11-12(2)23-19-10-14(4-5-15(11)19)22-18-7-8-20-17-6-3-13(21)9-16(17)18;1-3-2;1-2/h3-10,21H,1-2H3;3H,1-2H3;1H2. The number of hydrogen-bond donors (Lipinski definition) is 2. The second-order valence-electron chi connectivity index (χ2n) is 6.05.